The van der Waals surface area contributed by atoms with Crippen LogP contribution in [0.3, 0.4) is 0 Å². The maximum Gasteiger partial charge on any atom is 0.319 e. The van der Waals surface area contributed by atoms with E-state index in [0.29, 0.717) is 18.5 Å². The van der Waals surface area contributed by atoms with Crippen molar-refractivity contribution in [3.05, 3.63) is 48.5 Å². The van der Waals surface area contributed by atoms with Crippen LogP contribution in [0.15, 0.2) is 48.0 Å². The average molecular weight is 539 g/mol. The third-order valence-corrected chi connectivity index (χ3v) is 5.42. The molecule has 2 heterocycles. The summed E-state index contributed by atoms with van der Waals surface area (Å²) in [7, 11) is 1.83. The minimum absolute atomic E-state index is 0. The number of likely N-dealkylation sites (tertiary alicyclic amines) is 1. The Morgan fingerprint density at radius 3 is 2.65 bits per heavy atom. The van der Waals surface area contributed by atoms with Gasteiger partial charge in [-0.1, -0.05) is 19.1 Å². The molecule has 1 aliphatic rings. The van der Waals surface area contributed by atoms with Crippen molar-refractivity contribution in [2.75, 3.05) is 25.5 Å². The lowest BCUT2D eigenvalue weighted by Gasteiger charge is -2.39. The number of anilines is 1. The largest absolute Gasteiger partial charge is 0.352 e. The van der Waals surface area contributed by atoms with Gasteiger partial charge in [0.1, 0.15) is 0 Å². The first-order valence-electron chi connectivity index (χ1n) is 10.6. The fourth-order valence-electron chi connectivity index (χ4n) is 3.74. The third kappa shape index (κ3) is 7.12. The summed E-state index contributed by atoms with van der Waals surface area (Å²) in [6.07, 6.45) is 6.89. The van der Waals surface area contributed by atoms with E-state index in [1.807, 2.05) is 63.9 Å². The summed E-state index contributed by atoms with van der Waals surface area (Å²) in [5.74, 6) is 1.51. The Bertz CT molecular complexity index is 836. The molecule has 1 fully saturated rings. The molecule has 2 unspecified atom stereocenters. The summed E-state index contributed by atoms with van der Waals surface area (Å²) in [4.78, 5) is 22.8. The number of aliphatic imine (C=N–C) groups is 1. The van der Waals surface area contributed by atoms with Gasteiger partial charge in [0.25, 0.3) is 0 Å². The van der Waals surface area contributed by atoms with Crippen molar-refractivity contribution in [2.45, 2.75) is 45.8 Å². The smallest absolute Gasteiger partial charge is 0.319 e. The van der Waals surface area contributed by atoms with E-state index in [9.17, 15) is 4.79 Å². The molecule has 2 amide bonds. The molecular weight excluding hydrogens is 505 g/mol. The minimum Gasteiger partial charge on any atom is -0.352 e. The Morgan fingerprint density at radius 1 is 1.29 bits per heavy atom. The fraction of sp³-hybridized carbons (Fsp3) is 0.500. The summed E-state index contributed by atoms with van der Waals surface area (Å²) in [6, 6.07) is 8.15. The van der Waals surface area contributed by atoms with Gasteiger partial charge in [-0.2, -0.15) is 0 Å². The molecule has 0 aliphatic carbocycles. The van der Waals surface area contributed by atoms with Gasteiger partial charge in [-0.15, -0.1) is 24.0 Å². The number of hydrogen-bond acceptors (Lipinski definition) is 3. The van der Waals surface area contributed by atoms with E-state index in [4.69, 9.17) is 0 Å². The number of piperidine rings is 1. The van der Waals surface area contributed by atoms with E-state index in [0.717, 1.165) is 36.7 Å². The van der Waals surface area contributed by atoms with Crippen molar-refractivity contribution >= 4 is 41.7 Å². The zero-order valence-electron chi connectivity index (χ0n) is 18.7. The summed E-state index contributed by atoms with van der Waals surface area (Å²) in [5, 5.41) is 9.13. The van der Waals surface area contributed by atoms with E-state index in [2.05, 4.69) is 42.3 Å². The molecule has 3 rings (SSSR count). The van der Waals surface area contributed by atoms with Crippen molar-refractivity contribution in [3.8, 4) is 0 Å². The molecule has 0 radical (unpaired) electrons. The Hall–Kier alpha value is -2.30. The molecule has 1 saturated heterocycles. The van der Waals surface area contributed by atoms with Crippen molar-refractivity contribution in [2.24, 2.45) is 10.9 Å². The van der Waals surface area contributed by atoms with Crippen LogP contribution >= 0.6 is 24.0 Å². The SMILES string of the molecule is CN=C(NCc1ccc(NC(=O)NC(C)C)cc1)N1CCC(C)C(n2ccnc2)C1.I. The fourth-order valence-corrected chi connectivity index (χ4v) is 3.74. The number of urea groups is 1. The number of carbonyl (C=O) groups excluding carboxylic acids is 1. The van der Waals surface area contributed by atoms with Crippen LogP contribution < -0.4 is 16.0 Å². The molecule has 0 spiro atoms. The first-order chi connectivity index (χ1) is 14.5. The summed E-state index contributed by atoms with van der Waals surface area (Å²) >= 11 is 0. The highest BCUT2D eigenvalue weighted by molar-refractivity contribution is 14.0. The summed E-state index contributed by atoms with van der Waals surface area (Å²) in [5.41, 5.74) is 1.90. The van der Waals surface area contributed by atoms with Crippen molar-refractivity contribution in [1.82, 2.24) is 25.1 Å². The van der Waals surface area contributed by atoms with Crippen molar-refractivity contribution in [1.29, 1.82) is 0 Å². The van der Waals surface area contributed by atoms with Crippen LogP contribution in [-0.4, -0.2) is 52.6 Å². The van der Waals surface area contributed by atoms with Crippen molar-refractivity contribution < 1.29 is 4.79 Å². The van der Waals surface area contributed by atoms with Gasteiger partial charge >= 0.3 is 6.03 Å². The number of halogens is 1. The number of benzene rings is 1. The highest BCUT2D eigenvalue weighted by atomic mass is 127. The Morgan fingerprint density at radius 2 is 2.03 bits per heavy atom. The van der Waals surface area contributed by atoms with E-state index in [1.54, 1.807) is 0 Å². The predicted molar refractivity (Wildman–Crippen MR) is 136 cm³/mol. The third-order valence-electron chi connectivity index (χ3n) is 5.42. The van der Waals surface area contributed by atoms with Gasteiger partial charge in [0.15, 0.2) is 5.96 Å². The molecule has 170 valence electrons. The van der Waals surface area contributed by atoms with Crippen LogP contribution in [0, 0.1) is 5.92 Å². The Labute approximate surface area is 201 Å². The van der Waals surface area contributed by atoms with E-state index in [1.165, 1.54) is 0 Å². The van der Waals surface area contributed by atoms with Gasteiger partial charge in [-0.3, -0.25) is 4.99 Å². The molecule has 0 saturated carbocycles. The molecule has 1 aromatic heterocycles. The second-order valence-corrected chi connectivity index (χ2v) is 8.14. The number of nitrogens with one attached hydrogen (secondary N) is 3. The maximum absolute atomic E-state index is 11.8. The van der Waals surface area contributed by atoms with Crippen LogP contribution in [0.2, 0.25) is 0 Å². The highest BCUT2D eigenvalue weighted by Crippen LogP contribution is 2.27. The zero-order valence-corrected chi connectivity index (χ0v) is 21.0. The van der Waals surface area contributed by atoms with Crippen LogP contribution in [0.1, 0.15) is 38.8 Å². The van der Waals surface area contributed by atoms with Gasteiger partial charge < -0.3 is 25.4 Å². The zero-order chi connectivity index (χ0) is 21.5. The first kappa shape index (κ1) is 25.0. The first-order valence-corrected chi connectivity index (χ1v) is 10.6. The molecule has 3 N–H and O–H groups in total. The molecular formula is C22H34IN7O. The van der Waals surface area contributed by atoms with E-state index in [-0.39, 0.29) is 36.0 Å². The lowest BCUT2D eigenvalue weighted by Crippen LogP contribution is -2.48. The van der Waals surface area contributed by atoms with Gasteiger partial charge in [-0.05, 0) is 43.9 Å². The molecule has 1 aliphatic heterocycles. The van der Waals surface area contributed by atoms with E-state index < -0.39 is 0 Å². The predicted octanol–water partition coefficient (Wildman–Crippen LogP) is 3.69. The molecule has 0 bridgehead atoms. The summed E-state index contributed by atoms with van der Waals surface area (Å²) < 4.78 is 2.20. The molecule has 31 heavy (non-hydrogen) atoms. The molecule has 9 heteroatoms. The maximum atomic E-state index is 11.8. The number of nitrogens with zero attached hydrogens (tertiary/aromatic N) is 4. The Balaban J connectivity index is 0.00000341. The normalized spacial score (nSPS) is 19.0. The van der Waals surface area contributed by atoms with Gasteiger partial charge in [0, 0.05) is 50.8 Å². The monoisotopic (exact) mass is 539 g/mol. The number of guanidine groups is 1. The van der Waals surface area contributed by atoms with Crippen molar-refractivity contribution in [3.63, 3.8) is 0 Å². The second kappa shape index (κ2) is 11.9. The number of rotatable bonds is 5. The molecule has 2 aromatic rings. The standard InChI is InChI=1S/C22H33N7O.HI/c1-16(2)26-22(30)27-19-7-5-18(6-8-19)13-25-21(23-4)28-11-9-17(3)20(14-28)29-12-10-24-15-29;/h5-8,10,12,15-17,20H,9,11,13-14H2,1-4H3,(H,23,25)(H2,26,27,30);1H. The number of hydrogen-bond donors (Lipinski definition) is 3. The molecule has 8 nitrogen and oxygen atoms in total. The summed E-state index contributed by atoms with van der Waals surface area (Å²) in [6.45, 7) is 8.73. The van der Waals surface area contributed by atoms with Crippen LogP contribution in [0.25, 0.3) is 0 Å². The second-order valence-electron chi connectivity index (χ2n) is 8.14. The molecule has 1 aromatic carbocycles. The van der Waals surface area contributed by atoms with Crippen LogP contribution in [0.4, 0.5) is 10.5 Å². The van der Waals surface area contributed by atoms with Crippen LogP contribution in [0.5, 0.6) is 0 Å². The lowest BCUT2D eigenvalue weighted by atomic mass is 9.93. The van der Waals surface area contributed by atoms with Gasteiger partial charge in [0.2, 0.25) is 0 Å². The quantitative estimate of drug-likeness (QED) is 0.308. The molecule has 2 atom stereocenters. The van der Waals surface area contributed by atoms with Gasteiger partial charge in [-0.25, -0.2) is 9.78 Å². The van der Waals surface area contributed by atoms with Gasteiger partial charge in [0.05, 0.1) is 12.4 Å². The average Bonchev–Trinajstić information content (AvgIpc) is 3.24. The minimum atomic E-state index is -0.192. The topological polar surface area (TPSA) is 86.6 Å². The number of imidazole rings is 1. The highest BCUT2D eigenvalue weighted by Gasteiger charge is 2.28. The number of carbonyl (C=O) groups is 1. The lowest BCUT2D eigenvalue weighted by molar-refractivity contribution is 0.189. The van der Waals surface area contributed by atoms with E-state index >= 15 is 0 Å². The Kier molecular flexibility index (Phi) is 9.60. The number of amides is 2. The number of aromatic nitrogens is 2. The van der Waals surface area contributed by atoms with Crippen LogP contribution in [-0.2, 0) is 6.54 Å².